The van der Waals surface area contributed by atoms with Gasteiger partial charge in [-0.1, -0.05) is 12.1 Å². The number of nitrogens with two attached hydrogens (primary N) is 1. The molecule has 1 aliphatic heterocycles. The zero-order valence-electron chi connectivity index (χ0n) is 12.0. The molecule has 0 saturated carbocycles. The van der Waals surface area contributed by atoms with E-state index in [9.17, 15) is 4.79 Å². The summed E-state index contributed by atoms with van der Waals surface area (Å²) in [7, 11) is 1.62. The number of carbonyl (C=O) groups excluding carboxylic acids is 1. The molecule has 1 amide bonds. The molecule has 5 nitrogen and oxygen atoms in total. The topological polar surface area (TPSA) is 64.8 Å². The summed E-state index contributed by atoms with van der Waals surface area (Å²) in [4.78, 5) is 14.3. The number of hydrogen-bond donors (Lipinski definition) is 1. The lowest BCUT2D eigenvalue weighted by Gasteiger charge is -2.37. The van der Waals surface area contributed by atoms with E-state index in [1.54, 1.807) is 7.11 Å². The maximum Gasteiger partial charge on any atom is 0.227 e. The second kappa shape index (κ2) is 6.72. The molecular weight excluding hydrogens is 256 g/mol. The van der Waals surface area contributed by atoms with Crippen LogP contribution in [0.25, 0.3) is 0 Å². The van der Waals surface area contributed by atoms with Crippen molar-refractivity contribution in [2.75, 3.05) is 26.8 Å². The zero-order chi connectivity index (χ0) is 14.5. The van der Waals surface area contributed by atoms with Gasteiger partial charge in [0.1, 0.15) is 5.75 Å². The van der Waals surface area contributed by atoms with E-state index in [1.165, 1.54) is 0 Å². The van der Waals surface area contributed by atoms with Gasteiger partial charge in [-0.05, 0) is 24.6 Å². The highest BCUT2D eigenvalue weighted by Gasteiger charge is 2.28. The Labute approximate surface area is 119 Å². The van der Waals surface area contributed by atoms with E-state index in [-0.39, 0.29) is 18.1 Å². The van der Waals surface area contributed by atoms with Gasteiger partial charge in [0.2, 0.25) is 5.91 Å². The van der Waals surface area contributed by atoms with E-state index >= 15 is 0 Å². The van der Waals surface area contributed by atoms with Crippen molar-refractivity contribution >= 4 is 5.91 Å². The summed E-state index contributed by atoms with van der Waals surface area (Å²) in [6, 6.07) is 7.69. The maximum atomic E-state index is 12.4. The molecular formula is C15H22N2O3. The lowest BCUT2D eigenvalue weighted by atomic mass is 10.1. The van der Waals surface area contributed by atoms with Crippen LogP contribution < -0.4 is 10.5 Å². The fourth-order valence-electron chi connectivity index (χ4n) is 2.37. The van der Waals surface area contributed by atoms with E-state index in [2.05, 4.69) is 0 Å². The molecule has 2 rings (SSSR count). The summed E-state index contributed by atoms with van der Waals surface area (Å²) in [5.41, 5.74) is 6.58. The first-order chi connectivity index (χ1) is 9.63. The molecule has 20 heavy (non-hydrogen) atoms. The molecule has 1 aromatic rings. The number of benzene rings is 1. The van der Waals surface area contributed by atoms with Gasteiger partial charge in [0.05, 0.1) is 32.3 Å². The lowest BCUT2D eigenvalue weighted by molar-refractivity contribution is -0.142. The van der Waals surface area contributed by atoms with Gasteiger partial charge in [0, 0.05) is 13.1 Å². The molecule has 2 atom stereocenters. The fraction of sp³-hybridized carbons (Fsp3) is 0.533. The maximum absolute atomic E-state index is 12.4. The van der Waals surface area contributed by atoms with Crippen LogP contribution in [0.2, 0.25) is 0 Å². The summed E-state index contributed by atoms with van der Waals surface area (Å²) in [5.74, 6) is 0.873. The van der Waals surface area contributed by atoms with Crippen LogP contribution in [0.15, 0.2) is 24.3 Å². The highest BCUT2D eigenvalue weighted by Crippen LogP contribution is 2.16. The number of nitrogens with zero attached hydrogens (tertiary/aromatic N) is 1. The lowest BCUT2D eigenvalue weighted by Crippen LogP contribution is -2.53. The van der Waals surface area contributed by atoms with Gasteiger partial charge in [-0.2, -0.15) is 0 Å². The minimum Gasteiger partial charge on any atom is -0.497 e. The van der Waals surface area contributed by atoms with Gasteiger partial charge >= 0.3 is 0 Å². The third-order valence-electron chi connectivity index (χ3n) is 3.58. The van der Waals surface area contributed by atoms with E-state index in [4.69, 9.17) is 15.2 Å². The van der Waals surface area contributed by atoms with Crippen LogP contribution >= 0.6 is 0 Å². The van der Waals surface area contributed by atoms with E-state index in [0.29, 0.717) is 26.1 Å². The molecule has 2 N–H and O–H groups in total. The Kier molecular flexibility index (Phi) is 4.98. The summed E-state index contributed by atoms with van der Waals surface area (Å²) >= 11 is 0. The molecule has 0 aliphatic carbocycles. The second-order valence-corrected chi connectivity index (χ2v) is 5.11. The van der Waals surface area contributed by atoms with Crippen molar-refractivity contribution < 1.29 is 14.3 Å². The molecule has 110 valence electrons. The van der Waals surface area contributed by atoms with Gasteiger partial charge < -0.3 is 20.1 Å². The van der Waals surface area contributed by atoms with Gasteiger partial charge in [-0.25, -0.2) is 0 Å². The Bertz CT molecular complexity index is 464. The Morgan fingerprint density at radius 1 is 1.55 bits per heavy atom. The fourth-order valence-corrected chi connectivity index (χ4v) is 2.37. The van der Waals surface area contributed by atoms with Crippen molar-refractivity contribution in [2.45, 2.75) is 25.5 Å². The van der Waals surface area contributed by atoms with E-state index < -0.39 is 0 Å². The molecule has 0 aromatic heterocycles. The van der Waals surface area contributed by atoms with E-state index in [0.717, 1.165) is 11.3 Å². The minimum atomic E-state index is -0.0551. The van der Waals surface area contributed by atoms with Crippen molar-refractivity contribution in [3.05, 3.63) is 29.8 Å². The smallest absolute Gasteiger partial charge is 0.227 e. The SMILES string of the molecule is COc1cccc(CC(=O)N2CC(CN)OCC2C)c1. The zero-order valence-corrected chi connectivity index (χ0v) is 12.0. The molecule has 1 fully saturated rings. The number of hydrogen-bond acceptors (Lipinski definition) is 4. The quantitative estimate of drug-likeness (QED) is 0.885. The van der Waals surface area contributed by atoms with Gasteiger partial charge in [-0.15, -0.1) is 0 Å². The number of carbonyl (C=O) groups is 1. The Morgan fingerprint density at radius 3 is 3.05 bits per heavy atom. The first kappa shape index (κ1) is 14.8. The summed E-state index contributed by atoms with van der Waals surface area (Å²) in [6.07, 6.45) is 0.319. The van der Waals surface area contributed by atoms with Crippen molar-refractivity contribution in [3.8, 4) is 5.75 Å². The molecule has 1 heterocycles. The van der Waals surface area contributed by atoms with Crippen molar-refractivity contribution in [1.29, 1.82) is 0 Å². The molecule has 0 bridgehead atoms. The number of morpholine rings is 1. The molecule has 5 heteroatoms. The number of ether oxygens (including phenoxy) is 2. The van der Waals surface area contributed by atoms with Crippen LogP contribution in [-0.2, 0) is 16.0 Å². The molecule has 2 unspecified atom stereocenters. The van der Waals surface area contributed by atoms with Crippen LogP contribution in [0.1, 0.15) is 12.5 Å². The third kappa shape index (κ3) is 3.49. The second-order valence-electron chi connectivity index (χ2n) is 5.11. The van der Waals surface area contributed by atoms with Crippen LogP contribution in [0.3, 0.4) is 0 Å². The van der Waals surface area contributed by atoms with Crippen molar-refractivity contribution in [2.24, 2.45) is 5.73 Å². The summed E-state index contributed by atoms with van der Waals surface area (Å²) < 4.78 is 10.7. The highest BCUT2D eigenvalue weighted by molar-refractivity contribution is 5.79. The third-order valence-corrected chi connectivity index (χ3v) is 3.58. The molecule has 0 spiro atoms. The first-order valence-electron chi connectivity index (χ1n) is 6.88. The van der Waals surface area contributed by atoms with Gasteiger partial charge in [-0.3, -0.25) is 4.79 Å². The van der Waals surface area contributed by atoms with Crippen LogP contribution in [-0.4, -0.2) is 49.8 Å². The normalized spacial score (nSPS) is 22.6. The molecule has 1 saturated heterocycles. The summed E-state index contributed by atoms with van der Waals surface area (Å²) in [6.45, 7) is 3.55. The molecule has 1 aliphatic rings. The Morgan fingerprint density at radius 2 is 2.35 bits per heavy atom. The van der Waals surface area contributed by atoms with Crippen LogP contribution in [0.5, 0.6) is 5.75 Å². The van der Waals surface area contributed by atoms with Gasteiger partial charge in [0.25, 0.3) is 0 Å². The van der Waals surface area contributed by atoms with Crippen molar-refractivity contribution in [1.82, 2.24) is 4.90 Å². The Hall–Kier alpha value is -1.59. The standard InChI is InChI=1S/C15H22N2O3/c1-11-10-20-14(8-16)9-17(11)15(18)7-12-4-3-5-13(6-12)19-2/h3-6,11,14H,7-10,16H2,1-2H3. The largest absolute Gasteiger partial charge is 0.497 e. The van der Waals surface area contributed by atoms with Crippen molar-refractivity contribution in [3.63, 3.8) is 0 Å². The number of methoxy groups -OCH3 is 1. The first-order valence-corrected chi connectivity index (χ1v) is 6.88. The highest BCUT2D eigenvalue weighted by atomic mass is 16.5. The minimum absolute atomic E-state index is 0.0551. The molecule has 1 aromatic carbocycles. The van der Waals surface area contributed by atoms with E-state index in [1.807, 2.05) is 36.1 Å². The number of amides is 1. The monoisotopic (exact) mass is 278 g/mol. The predicted molar refractivity (Wildman–Crippen MR) is 76.7 cm³/mol. The molecule has 0 radical (unpaired) electrons. The Balaban J connectivity index is 2.02. The van der Waals surface area contributed by atoms with Crippen LogP contribution in [0, 0.1) is 0 Å². The predicted octanol–water partition coefficient (Wildman–Crippen LogP) is 0.812. The average Bonchev–Trinajstić information content (AvgIpc) is 2.47. The number of rotatable bonds is 4. The average molecular weight is 278 g/mol. The van der Waals surface area contributed by atoms with Crippen LogP contribution in [0.4, 0.5) is 0 Å². The van der Waals surface area contributed by atoms with Gasteiger partial charge in [0.15, 0.2) is 0 Å². The summed E-state index contributed by atoms with van der Waals surface area (Å²) in [5, 5.41) is 0.